The number of H-pyrrole nitrogens is 1. The van der Waals surface area contributed by atoms with Crippen LogP contribution in [0.1, 0.15) is 5.56 Å². The fourth-order valence-corrected chi connectivity index (χ4v) is 3.68. The average molecular weight is 444 g/mol. The molecule has 0 fully saturated rings. The Morgan fingerprint density at radius 3 is 2.52 bits per heavy atom. The summed E-state index contributed by atoms with van der Waals surface area (Å²) in [7, 11) is 0. The van der Waals surface area contributed by atoms with Crippen molar-refractivity contribution in [3.63, 3.8) is 0 Å². The molecule has 0 spiro atoms. The Morgan fingerprint density at radius 1 is 1.06 bits per heavy atom. The Kier molecular flexibility index (Phi) is 5.19. The lowest BCUT2D eigenvalue weighted by Gasteiger charge is -2.08. The van der Waals surface area contributed by atoms with Gasteiger partial charge in [0, 0.05) is 17.8 Å². The first-order chi connectivity index (χ1) is 14.7. The first-order valence-corrected chi connectivity index (χ1v) is 9.53. The van der Waals surface area contributed by atoms with E-state index in [9.17, 15) is 28.1 Å². The summed E-state index contributed by atoms with van der Waals surface area (Å²) in [4.78, 5) is 34.1. The zero-order valence-electron chi connectivity index (χ0n) is 15.4. The molecule has 156 valence electrons. The topological polar surface area (TPSA) is 102 Å². The normalized spacial score (nSPS) is 11.6. The first kappa shape index (κ1) is 20.5. The second-order valence-corrected chi connectivity index (χ2v) is 7.42. The highest BCUT2D eigenvalue weighted by atomic mass is 32.2. The van der Waals surface area contributed by atoms with Crippen molar-refractivity contribution >= 4 is 28.4 Å². The van der Waals surface area contributed by atoms with Crippen molar-refractivity contribution in [1.82, 2.24) is 15.0 Å². The number of hydrogen-bond acceptors (Lipinski definition) is 6. The Labute approximate surface area is 176 Å². The van der Waals surface area contributed by atoms with Crippen molar-refractivity contribution in [2.45, 2.75) is 16.1 Å². The maximum atomic E-state index is 12.7. The summed E-state index contributed by atoms with van der Waals surface area (Å²) < 4.78 is 38.0. The van der Waals surface area contributed by atoms with Crippen LogP contribution in [0.25, 0.3) is 22.3 Å². The van der Waals surface area contributed by atoms with Crippen LogP contribution >= 0.6 is 11.8 Å². The fourth-order valence-electron chi connectivity index (χ4n) is 2.84. The number of aromatic amines is 1. The predicted molar refractivity (Wildman–Crippen MR) is 108 cm³/mol. The number of hydrogen-bond donors (Lipinski definition) is 1. The quantitative estimate of drug-likeness (QED) is 0.349. The minimum atomic E-state index is -4.52. The molecule has 1 N–H and O–H groups in total. The summed E-state index contributed by atoms with van der Waals surface area (Å²) in [6.07, 6.45) is -3.85. The first-order valence-electron chi connectivity index (χ1n) is 8.71. The van der Waals surface area contributed by atoms with Gasteiger partial charge in [-0.15, -0.1) is 0 Å². The number of para-hydroxylation sites is 1. The van der Waals surface area contributed by atoms with E-state index >= 15 is 0 Å². The lowest BCUT2D eigenvalue weighted by Crippen LogP contribution is -2.09. The molecule has 0 aliphatic carbocycles. The zero-order valence-corrected chi connectivity index (χ0v) is 16.2. The van der Waals surface area contributed by atoms with Crippen molar-refractivity contribution in [2.75, 3.05) is 0 Å². The second-order valence-electron chi connectivity index (χ2n) is 6.36. The average Bonchev–Trinajstić information content (AvgIpc) is 2.73. The standard InChI is InChI=1S/C20H11F3N4O3S/c21-20(22,23)12-6-8-17(24-10-12)31-16-7-5-11(9-15(16)27(29)30)18-25-14-4-2-1-3-13(14)19(28)26-18/h1-10H,(H,25,26,28). The van der Waals surface area contributed by atoms with Crippen LogP contribution in [0.2, 0.25) is 0 Å². The molecule has 0 radical (unpaired) electrons. The molecular weight excluding hydrogens is 433 g/mol. The van der Waals surface area contributed by atoms with E-state index in [1.807, 2.05) is 0 Å². The van der Waals surface area contributed by atoms with Gasteiger partial charge in [-0.1, -0.05) is 23.9 Å². The third kappa shape index (κ3) is 4.26. The smallest absolute Gasteiger partial charge is 0.306 e. The van der Waals surface area contributed by atoms with Gasteiger partial charge in [0.2, 0.25) is 0 Å². The van der Waals surface area contributed by atoms with Crippen LogP contribution < -0.4 is 5.56 Å². The highest BCUT2D eigenvalue weighted by molar-refractivity contribution is 7.99. The van der Waals surface area contributed by atoms with Gasteiger partial charge in [0.1, 0.15) is 10.9 Å². The number of nitrogens with zero attached hydrogens (tertiary/aromatic N) is 3. The van der Waals surface area contributed by atoms with Gasteiger partial charge in [-0.2, -0.15) is 13.2 Å². The number of benzene rings is 2. The molecule has 11 heteroatoms. The van der Waals surface area contributed by atoms with Crippen molar-refractivity contribution in [1.29, 1.82) is 0 Å². The predicted octanol–water partition coefficient (Wildman–Crippen LogP) is 5.06. The molecule has 0 unspecified atom stereocenters. The minimum absolute atomic E-state index is 0.163. The largest absolute Gasteiger partial charge is 0.417 e. The molecule has 0 bridgehead atoms. The van der Waals surface area contributed by atoms with Gasteiger partial charge in [-0.05, 0) is 36.4 Å². The Balaban J connectivity index is 1.71. The number of pyridine rings is 1. The van der Waals surface area contributed by atoms with Crippen LogP contribution in [0.5, 0.6) is 0 Å². The Bertz CT molecular complexity index is 1350. The van der Waals surface area contributed by atoms with Crippen molar-refractivity contribution in [3.8, 4) is 11.4 Å². The van der Waals surface area contributed by atoms with E-state index in [0.29, 0.717) is 22.7 Å². The Morgan fingerprint density at radius 2 is 1.84 bits per heavy atom. The van der Waals surface area contributed by atoms with Crippen molar-refractivity contribution < 1.29 is 18.1 Å². The molecule has 2 heterocycles. The lowest BCUT2D eigenvalue weighted by molar-refractivity contribution is -0.387. The number of aromatic nitrogens is 3. The minimum Gasteiger partial charge on any atom is -0.306 e. The van der Waals surface area contributed by atoms with Crippen LogP contribution in [0.15, 0.2) is 75.5 Å². The number of alkyl halides is 3. The van der Waals surface area contributed by atoms with E-state index in [0.717, 1.165) is 23.9 Å². The van der Waals surface area contributed by atoms with E-state index in [-0.39, 0.29) is 27.0 Å². The maximum Gasteiger partial charge on any atom is 0.417 e. The van der Waals surface area contributed by atoms with Crippen LogP contribution in [-0.4, -0.2) is 19.9 Å². The van der Waals surface area contributed by atoms with E-state index < -0.39 is 16.7 Å². The molecule has 0 saturated carbocycles. The summed E-state index contributed by atoms with van der Waals surface area (Å²) in [6, 6.07) is 12.9. The SMILES string of the molecule is O=c1[nH]c(-c2ccc(Sc3ccc(C(F)(F)F)cn3)c([N+](=O)[O-])c2)nc2ccccc12. The molecular formula is C20H11F3N4O3S. The zero-order chi connectivity index (χ0) is 22.2. The third-order valence-electron chi connectivity index (χ3n) is 4.32. The van der Waals surface area contributed by atoms with Gasteiger partial charge in [0.05, 0.1) is 26.3 Å². The molecule has 0 aliphatic rings. The summed E-state index contributed by atoms with van der Waals surface area (Å²) >= 11 is 0.859. The maximum absolute atomic E-state index is 12.7. The number of fused-ring (bicyclic) bond motifs is 1. The molecule has 31 heavy (non-hydrogen) atoms. The van der Waals surface area contributed by atoms with E-state index in [1.165, 1.54) is 18.2 Å². The van der Waals surface area contributed by atoms with Crippen molar-refractivity contribution in [3.05, 3.63) is 86.8 Å². The van der Waals surface area contributed by atoms with Gasteiger partial charge in [0.25, 0.3) is 11.2 Å². The lowest BCUT2D eigenvalue weighted by atomic mass is 10.1. The number of nitrogens with one attached hydrogen (secondary N) is 1. The van der Waals surface area contributed by atoms with Gasteiger partial charge in [0.15, 0.2) is 0 Å². The van der Waals surface area contributed by atoms with Crippen LogP contribution in [0.3, 0.4) is 0 Å². The summed E-state index contributed by atoms with van der Waals surface area (Å²) in [5.41, 5.74) is -0.820. The summed E-state index contributed by atoms with van der Waals surface area (Å²) in [5.74, 6) is 0.163. The van der Waals surface area contributed by atoms with Gasteiger partial charge in [-0.3, -0.25) is 14.9 Å². The highest BCUT2D eigenvalue weighted by Crippen LogP contribution is 2.37. The highest BCUT2D eigenvalue weighted by Gasteiger charge is 2.30. The molecule has 4 aromatic rings. The third-order valence-corrected chi connectivity index (χ3v) is 5.34. The second kappa shape index (κ2) is 7.84. The molecule has 0 atom stereocenters. The van der Waals surface area contributed by atoms with E-state index in [2.05, 4.69) is 15.0 Å². The van der Waals surface area contributed by atoms with E-state index in [4.69, 9.17) is 0 Å². The molecule has 2 aromatic carbocycles. The van der Waals surface area contributed by atoms with Crippen molar-refractivity contribution in [2.24, 2.45) is 0 Å². The van der Waals surface area contributed by atoms with Crippen LogP contribution in [0, 0.1) is 10.1 Å². The molecule has 0 saturated heterocycles. The summed E-state index contributed by atoms with van der Waals surface area (Å²) in [5, 5.41) is 12.1. The number of nitro benzene ring substituents is 1. The fraction of sp³-hybridized carbons (Fsp3) is 0.0500. The van der Waals surface area contributed by atoms with Gasteiger partial charge in [-0.25, -0.2) is 9.97 Å². The number of halogens is 3. The van der Waals surface area contributed by atoms with Gasteiger partial charge < -0.3 is 4.98 Å². The molecule has 0 aliphatic heterocycles. The monoisotopic (exact) mass is 444 g/mol. The van der Waals surface area contributed by atoms with Crippen LogP contribution in [0.4, 0.5) is 18.9 Å². The molecule has 2 aromatic heterocycles. The number of nitro groups is 1. The Hall–Kier alpha value is -3.73. The number of rotatable bonds is 4. The van der Waals surface area contributed by atoms with Crippen LogP contribution in [-0.2, 0) is 6.18 Å². The molecule has 4 rings (SSSR count). The molecule has 0 amide bonds. The summed E-state index contributed by atoms with van der Waals surface area (Å²) in [6.45, 7) is 0. The van der Waals surface area contributed by atoms with E-state index in [1.54, 1.807) is 24.3 Å². The van der Waals surface area contributed by atoms with Gasteiger partial charge >= 0.3 is 6.18 Å². The molecule has 7 nitrogen and oxygen atoms in total.